The van der Waals surface area contributed by atoms with E-state index in [0.29, 0.717) is 6.54 Å². The van der Waals surface area contributed by atoms with Crippen LogP contribution >= 0.6 is 33.9 Å². The summed E-state index contributed by atoms with van der Waals surface area (Å²) < 4.78 is 2.61. The van der Waals surface area contributed by atoms with E-state index in [-0.39, 0.29) is 0 Å². The molecule has 0 radical (unpaired) electrons. The van der Waals surface area contributed by atoms with Gasteiger partial charge in [-0.3, -0.25) is 0 Å². The van der Waals surface area contributed by atoms with Crippen LogP contribution < -0.4 is 5.73 Å². The molecule has 2 N–H and O–H groups in total. The zero-order valence-corrected chi connectivity index (χ0v) is 9.35. The number of halogens is 1. The summed E-state index contributed by atoms with van der Waals surface area (Å²) in [5.74, 6) is 0. The monoisotopic (exact) mass is 289 g/mol. The van der Waals surface area contributed by atoms with Crippen LogP contribution in [0, 0.1) is 3.57 Å². The molecular weight excluding hydrogens is 281 g/mol. The van der Waals surface area contributed by atoms with Crippen molar-refractivity contribution in [3.05, 3.63) is 32.7 Å². The average Bonchev–Trinajstić information content (AvgIpc) is 2.46. The molecule has 0 bridgehead atoms. The number of hydrogen-bond acceptors (Lipinski definition) is 2. The van der Waals surface area contributed by atoms with Crippen molar-refractivity contribution >= 4 is 44.0 Å². The number of thiophene rings is 1. The largest absolute Gasteiger partial charge is 0.326 e. The average molecular weight is 289 g/mol. The molecule has 62 valence electrons. The van der Waals surface area contributed by atoms with Crippen LogP contribution in [0.3, 0.4) is 0 Å². The second-order valence-corrected chi connectivity index (χ2v) is 5.01. The third-order valence-electron chi connectivity index (χ3n) is 1.73. The van der Waals surface area contributed by atoms with E-state index in [1.165, 1.54) is 18.5 Å². The molecule has 1 aromatic heterocycles. The molecule has 0 saturated heterocycles. The van der Waals surface area contributed by atoms with Gasteiger partial charge in [0.25, 0.3) is 0 Å². The molecule has 0 fully saturated rings. The van der Waals surface area contributed by atoms with Crippen molar-refractivity contribution in [3.8, 4) is 0 Å². The van der Waals surface area contributed by atoms with Gasteiger partial charge < -0.3 is 5.73 Å². The lowest BCUT2D eigenvalue weighted by Crippen LogP contribution is -1.90. The summed E-state index contributed by atoms with van der Waals surface area (Å²) in [4.78, 5) is 1.26. The van der Waals surface area contributed by atoms with Crippen LogP contribution in [0.1, 0.15) is 4.88 Å². The highest BCUT2D eigenvalue weighted by Gasteiger charge is 1.99. The first-order chi connectivity index (χ1) is 5.79. The maximum atomic E-state index is 5.56. The SMILES string of the molecule is NCc1cc2cc(I)ccc2s1. The number of hydrogen-bond donors (Lipinski definition) is 1. The Morgan fingerprint density at radius 2 is 2.17 bits per heavy atom. The van der Waals surface area contributed by atoms with E-state index in [4.69, 9.17) is 5.73 Å². The summed E-state index contributed by atoms with van der Waals surface area (Å²) in [6.45, 7) is 0.649. The second-order valence-electron chi connectivity index (χ2n) is 2.60. The van der Waals surface area contributed by atoms with Gasteiger partial charge in [-0.25, -0.2) is 0 Å². The predicted octanol–water partition coefficient (Wildman–Crippen LogP) is 2.96. The van der Waals surface area contributed by atoms with Crippen molar-refractivity contribution < 1.29 is 0 Å². The molecule has 0 unspecified atom stereocenters. The van der Waals surface area contributed by atoms with E-state index >= 15 is 0 Å². The molecular formula is C9H8INS. The molecule has 1 heterocycles. The smallest absolute Gasteiger partial charge is 0.0346 e. The molecule has 2 rings (SSSR count). The summed E-state index contributed by atoms with van der Waals surface area (Å²) >= 11 is 4.10. The highest BCUT2D eigenvalue weighted by molar-refractivity contribution is 14.1. The van der Waals surface area contributed by atoms with Crippen LogP contribution in [-0.2, 0) is 6.54 Å². The summed E-state index contributed by atoms with van der Waals surface area (Å²) in [6, 6.07) is 8.63. The topological polar surface area (TPSA) is 26.0 Å². The van der Waals surface area contributed by atoms with Gasteiger partial charge in [-0.05, 0) is 52.2 Å². The van der Waals surface area contributed by atoms with Crippen LogP contribution in [0.25, 0.3) is 10.1 Å². The third kappa shape index (κ3) is 1.48. The van der Waals surface area contributed by atoms with Gasteiger partial charge in [0.1, 0.15) is 0 Å². The fourth-order valence-electron chi connectivity index (χ4n) is 1.17. The van der Waals surface area contributed by atoms with Gasteiger partial charge in [0.05, 0.1) is 0 Å². The minimum atomic E-state index is 0.649. The quantitative estimate of drug-likeness (QED) is 0.803. The lowest BCUT2D eigenvalue weighted by atomic mass is 10.2. The van der Waals surface area contributed by atoms with Crippen LogP contribution in [-0.4, -0.2) is 0 Å². The normalized spacial score (nSPS) is 10.8. The minimum absolute atomic E-state index is 0.649. The number of nitrogens with two attached hydrogens (primary N) is 1. The predicted molar refractivity (Wildman–Crippen MR) is 62.4 cm³/mol. The number of fused-ring (bicyclic) bond motifs is 1. The lowest BCUT2D eigenvalue weighted by Gasteiger charge is -1.88. The van der Waals surface area contributed by atoms with Crippen LogP contribution in [0.5, 0.6) is 0 Å². The van der Waals surface area contributed by atoms with Crippen molar-refractivity contribution in [1.82, 2.24) is 0 Å². The van der Waals surface area contributed by atoms with Gasteiger partial charge in [-0.1, -0.05) is 0 Å². The standard InChI is InChI=1S/C9H8INS/c10-7-1-2-9-6(3-7)4-8(5-11)12-9/h1-4H,5,11H2. The van der Waals surface area contributed by atoms with E-state index in [2.05, 4.69) is 46.9 Å². The van der Waals surface area contributed by atoms with Gasteiger partial charge in [0.2, 0.25) is 0 Å². The summed E-state index contributed by atoms with van der Waals surface area (Å²) in [5.41, 5.74) is 5.56. The molecule has 0 spiro atoms. The second kappa shape index (κ2) is 3.32. The van der Waals surface area contributed by atoms with Crippen molar-refractivity contribution in [2.24, 2.45) is 5.73 Å². The highest BCUT2D eigenvalue weighted by Crippen LogP contribution is 2.26. The Balaban J connectivity index is 2.67. The molecule has 0 aliphatic carbocycles. The van der Waals surface area contributed by atoms with Crippen LogP contribution in [0.4, 0.5) is 0 Å². The van der Waals surface area contributed by atoms with Gasteiger partial charge in [0.15, 0.2) is 0 Å². The summed E-state index contributed by atoms with van der Waals surface area (Å²) in [7, 11) is 0. The van der Waals surface area contributed by atoms with E-state index in [0.717, 1.165) is 0 Å². The van der Waals surface area contributed by atoms with E-state index < -0.39 is 0 Å². The Labute approximate surface area is 88.7 Å². The number of rotatable bonds is 1. The fraction of sp³-hybridized carbons (Fsp3) is 0.111. The first-order valence-electron chi connectivity index (χ1n) is 3.67. The van der Waals surface area contributed by atoms with Crippen molar-refractivity contribution in [1.29, 1.82) is 0 Å². The van der Waals surface area contributed by atoms with Gasteiger partial charge in [-0.15, -0.1) is 11.3 Å². The summed E-state index contributed by atoms with van der Waals surface area (Å²) in [5, 5.41) is 1.31. The molecule has 3 heteroatoms. The van der Waals surface area contributed by atoms with E-state index in [9.17, 15) is 0 Å². The van der Waals surface area contributed by atoms with Crippen molar-refractivity contribution in [2.45, 2.75) is 6.54 Å². The fourth-order valence-corrected chi connectivity index (χ4v) is 2.61. The van der Waals surface area contributed by atoms with E-state index in [1.54, 1.807) is 11.3 Å². The van der Waals surface area contributed by atoms with Crippen LogP contribution in [0.15, 0.2) is 24.3 Å². The third-order valence-corrected chi connectivity index (χ3v) is 3.54. The molecule has 0 amide bonds. The zero-order chi connectivity index (χ0) is 8.55. The molecule has 0 saturated carbocycles. The first kappa shape index (κ1) is 8.47. The lowest BCUT2D eigenvalue weighted by molar-refractivity contribution is 1.11. The first-order valence-corrected chi connectivity index (χ1v) is 5.57. The van der Waals surface area contributed by atoms with Gasteiger partial charge in [0, 0.05) is 19.7 Å². The Bertz CT molecular complexity index is 408. The van der Waals surface area contributed by atoms with Crippen LogP contribution in [0.2, 0.25) is 0 Å². The molecule has 0 aliphatic rings. The molecule has 1 aromatic carbocycles. The van der Waals surface area contributed by atoms with Gasteiger partial charge in [-0.2, -0.15) is 0 Å². The maximum Gasteiger partial charge on any atom is 0.0346 e. The molecule has 0 atom stereocenters. The highest BCUT2D eigenvalue weighted by atomic mass is 127. The van der Waals surface area contributed by atoms with Crippen molar-refractivity contribution in [3.63, 3.8) is 0 Å². The molecule has 0 aliphatic heterocycles. The zero-order valence-electron chi connectivity index (χ0n) is 6.38. The number of benzene rings is 1. The minimum Gasteiger partial charge on any atom is -0.326 e. The van der Waals surface area contributed by atoms with E-state index in [1.807, 2.05) is 0 Å². The molecule has 1 nitrogen and oxygen atoms in total. The Morgan fingerprint density at radius 1 is 1.33 bits per heavy atom. The Kier molecular flexibility index (Phi) is 2.34. The Morgan fingerprint density at radius 3 is 2.92 bits per heavy atom. The van der Waals surface area contributed by atoms with Crippen molar-refractivity contribution in [2.75, 3.05) is 0 Å². The molecule has 2 aromatic rings. The summed E-state index contributed by atoms with van der Waals surface area (Å²) in [6.07, 6.45) is 0. The van der Waals surface area contributed by atoms with Gasteiger partial charge >= 0.3 is 0 Å². The molecule has 12 heavy (non-hydrogen) atoms. The maximum absolute atomic E-state index is 5.56. The Hall–Kier alpha value is -0.130.